The smallest absolute Gasteiger partial charge is 0.272 e. The van der Waals surface area contributed by atoms with Gasteiger partial charge < -0.3 is 9.42 Å². The molecule has 7 nitrogen and oxygen atoms in total. The molecule has 0 aliphatic carbocycles. The van der Waals surface area contributed by atoms with Gasteiger partial charge in [-0.05, 0) is 44.9 Å². The number of nitrogens with zero attached hydrogens (tertiary/aromatic N) is 5. The van der Waals surface area contributed by atoms with Crippen LogP contribution >= 0.6 is 0 Å². The van der Waals surface area contributed by atoms with Crippen LogP contribution in [0.15, 0.2) is 22.9 Å². The first-order valence-corrected chi connectivity index (χ1v) is 8.75. The lowest BCUT2D eigenvalue weighted by molar-refractivity contribution is 0.0750. The summed E-state index contributed by atoms with van der Waals surface area (Å²) < 4.78 is 5.04. The Bertz CT molecular complexity index is 730. The number of aryl methyl sites for hydroxylation is 2. The Kier molecular flexibility index (Phi) is 5.43. The number of amides is 1. The van der Waals surface area contributed by atoms with Gasteiger partial charge in [-0.3, -0.25) is 14.7 Å². The Morgan fingerprint density at radius 1 is 1.36 bits per heavy atom. The highest BCUT2D eigenvalue weighted by molar-refractivity contribution is 5.93. The Morgan fingerprint density at radius 3 is 2.92 bits per heavy atom. The standard InChI is InChI=1S/C18H25N5O2/c1-13-6-4-9-19-17(13)18(24)23-10-5-7-15(8-11-23)22(3)12-16-20-14(2)25-21-16/h4,6,9,15H,5,7-8,10-12H2,1-3H3. The maximum atomic E-state index is 12.8. The van der Waals surface area contributed by atoms with Crippen LogP contribution in [0, 0.1) is 13.8 Å². The van der Waals surface area contributed by atoms with Crippen LogP contribution in [0.25, 0.3) is 0 Å². The highest BCUT2D eigenvalue weighted by Crippen LogP contribution is 2.19. The second-order valence-corrected chi connectivity index (χ2v) is 6.69. The number of rotatable bonds is 4. The average Bonchev–Trinajstić information content (AvgIpc) is 2.86. The van der Waals surface area contributed by atoms with E-state index in [9.17, 15) is 4.79 Å². The first kappa shape index (κ1) is 17.5. The molecule has 0 spiro atoms. The van der Waals surface area contributed by atoms with E-state index in [1.165, 1.54) is 0 Å². The summed E-state index contributed by atoms with van der Waals surface area (Å²) in [5.74, 6) is 1.34. The third-order valence-electron chi connectivity index (χ3n) is 4.78. The van der Waals surface area contributed by atoms with Crippen LogP contribution in [0.4, 0.5) is 0 Å². The minimum absolute atomic E-state index is 0.0372. The fraction of sp³-hybridized carbons (Fsp3) is 0.556. The lowest BCUT2D eigenvalue weighted by atomic mass is 10.1. The third kappa shape index (κ3) is 4.22. The molecule has 0 radical (unpaired) electrons. The summed E-state index contributed by atoms with van der Waals surface area (Å²) in [6, 6.07) is 4.20. The molecule has 1 atom stereocenters. The summed E-state index contributed by atoms with van der Waals surface area (Å²) in [5.41, 5.74) is 1.49. The van der Waals surface area contributed by atoms with Gasteiger partial charge in [0, 0.05) is 32.3 Å². The van der Waals surface area contributed by atoms with Crippen molar-refractivity contribution in [3.8, 4) is 0 Å². The predicted molar refractivity (Wildman–Crippen MR) is 93.0 cm³/mol. The second-order valence-electron chi connectivity index (χ2n) is 6.69. The molecule has 0 aromatic carbocycles. The van der Waals surface area contributed by atoms with Crippen molar-refractivity contribution >= 4 is 5.91 Å². The van der Waals surface area contributed by atoms with Gasteiger partial charge >= 0.3 is 0 Å². The SMILES string of the molecule is Cc1nc(CN(C)C2CCCN(C(=O)c3ncccc3C)CC2)no1. The van der Waals surface area contributed by atoms with Crippen molar-refractivity contribution in [2.75, 3.05) is 20.1 Å². The van der Waals surface area contributed by atoms with Crippen LogP contribution in [0.5, 0.6) is 0 Å². The first-order chi connectivity index (χ1) is 12.0. The Balaban J connectivity index is 1.60. The summed E-state index contributed by atoms with van der Waals surface area (Å²) in [6.07, 6.45) is 4.66. The summed E-state index contributed by atoms with van der Waals surface area (Å²) >= 11 is 0. The second kappa shape index (κ2) is 7.74. The minimum Gasteiger partial charge on any atom is -0.340 e. The van der Waals surface area contributed by atoms with E-state index < -0.39 is 0 Å². The zero-order valence-corrected chi connectivity index (χ0v) is 15.1. The predicted octanol–water partition coefficient (Wildman–Crippen LogP) is 2.21. The number of hydrogen-bond donors (Lipinski definition) is 0. The van der Waals surface area contributed by atoms with Gasteiger partial charge in [0.2, 0.25) is 5.89 Å². The molecule has 3 heterocycles. The fourth-order valence-corrected chi connectivity index (χ4v) is 3.34. The van der Waals surface area contributed by atoms with Crippen molar-refractivity contribution in [1.82, 2.24) is 24.9 Å². The molecule has 3 rings (SSSR count). The first-order valence-electron chi connectivity index (χ1n) is 8.75. The van der Waals surface area contributed by atoms with Crippen molar-refractivity contribution in [3.63, 3.8) is 0 Å². The molecule has 1 saturated heterocycles. The van der Waals surface area contributed by atoms with Crippen molar-refractivity contribution in [3.05, 3.63) is 41.3 Å². The molecule has 1 aliphatic heterocycles. The highest BCUT2D eigenvalue weighted by Gasteiger charge is 2.25. The van der Waals surface area contributed by atoms with E-state index in [2.05, 4.69) is 27.1 Å². The number of hydrogen-bond acceptors (Lipinski definition) is 6. The topological polar surface area (TPSA) is 75.4 Å². The molecule has 7 heteroatoms. The van der Waals surface area contributed by atoms with Gasteiger partial charge in [0.05, 0.1) is 6.54 Å². The highest BCUT2D eigenvalue weighted by atomic mass is 16.5. The van der Waals surface area contributed by atoms with E-state index in [0.717, 1.165) is 37.9 Å². The van der Waals surface area contributed by atoms with Gasteiger partial charge in [0.1, 0.15) is 5.69 Å². The molecule has 0 N–H and O–H groups in total. The number of pyridine rings is 1. The van der Waals surface area contributed by atoms with Crippen LogP contribution in [0.3, 0.4) is 0 Å². The van der Waals surface area contributed by atoms with E-state index in [1.807, 2.05) is 24.0 Å². The molecule has 134 valence electrons. The van der Waals surface area contributed by atoms with E-state index in [0.29, 0.717) is 30.0 Å². The monoisotopic (exact) mass is 343 g/mol. The van der Waals surface area contributed by atoms with Gasteiger partial charge in [-0.2, -0.15) is 4.98 Å². The summed E-state index contributed by atoms with van der Waals surface area (Å²) in [7, 11) is 2.08. The molecule has 1 aliphatic rings. The number of carbonyl (C=O) groups is 1. The van der Waals surface area contributed by atoms with Crippen molar-refractivity contribution in [2.45, 2.75) is 45.7 Å². The Hall–Kier alpha value is -2.28. The molecule has 1 amide bonds. The van der Waals surface area contributed by atoms with E-state index >= 15 is 0 Å². The van der Waals surface area contributed by atoms with Crippen molar-refractivity contribution in [1.29, 1.82) is 0 Å². The molecule has 2 aromatic rings. The van der Waals surface area contributed by atoms with Gasteiger partial charge in [0.15, 0.2) is 5.82 Å². The molecule has 0 saturated carbocycles. The zero-order valence-electron chi connectivity index (χ0n) is 15.1. The third-order valence-corrected chi connectivity index (χ3v) is 4.78. The molecule has 2 aromatic heterocycles. The molecule has 1 fully saturated rings. The summed E-state index contributed by atoms with van der Waals surface area (Å²) in [6.45, 7) is 5.91. The van der Waals surface area contributed by atoms with Gasteiger partial charge in [-0.1, -0.05) is 11.2 Å². The Labute approximate surface area is 148 Å². The van der Waals surface area contributed by atoms with Crippen LogP contribution in [-0.4, -0.2) is 57.0 Å². The lowest BCUT2D eigenvalue weighted by Crippen LogP contribution is -2.35. The van der Waals surface area contributed by atoms with Gasteiger partial charge in [-0.25, -0.2) is 0 Å². The molecule has 0 bridgehead atoms. The number of likely N-dealkylation sites (tertiary alicyclic amines) is 1. The molecular weight excluding hydrogens is 318 g/mol. The molecule has 1 unspecified atom stereocenters. The van der Waals surface area contributed by atoms with Crippen molar-refractivity contribution in [2.24, 2.45) is 0 Å². The number of carbonyl (C=O) groups excluding carboxylic acids is 1. The van der Waals surface area contributed by atoms with E-state index in [4.69, 9.17) is 4.52 Å². The molecule has 25 heavy (non-hydrogen) atoms. The Morgan fingerprint density at radius 2 is 2.20 bits per heavy atom. The average molecular weight is 343 g/mol. The fourth-order valence-electron chi connectivity index (χ4n) is 3.34. The number of aromatic nitrogens is 3. The van der Waals surface area contributed by atoms with E-state index in [-0.39, 0.29) is 5.91 Å². The maximum Gasteiger partial charge on any atom is 0.272 e. The van der Waals surface area contributed by atoms with E-state index in [1.54, 1.807) is 13.1 Å². The van der Waals surface area contributed by atoms with Crippen molar-refractivity contribution < 1.29 is 9.32 Å². The lowest BCUT2D eigenvalue weighted by Gasteiger charge is -2.26. The minimum atomic E-state index is 0.0372. The van der Waals surface area contributed by atoms with Gasteiger partial charge in [-0.15, -0.1) is 0 Å². The quantitative estimate of drug-likeness (QED) is 0.847. The largest absolute Gasteiger partial charge is 0.340 e. The summed E-state index contributed by atoms with van der Waals surface area (Å²) in [5, 5.41) is 3.97. The van der Waals surface area contributed by atoms with Crippen LogP contribution in [-0.2, 0) is 6.54 Å². The maximum absolute atomic E-state index is 12.8. The normalized spacial score (nSPS) is 18.4. The van der Waals surface area contributed by atoms with Crippen LogP contribution in [0.2, 0.25) is 0 Å². The van der Waals surface area contributed by atoms with Crippen LogP contribution < -0.4 is 0 Å². The van der Waals surface area contributed by atoms with Crippen LogP contribution in [0.1, 0.15) is 47.0 Å². The summed E-state index contributed by atoms with van der Waals surface area (Å²) in [4.78, 5) is 25.5. The zero-order chi connectivity index (χ0) is 17.8. The molecular formula is C18H25N5O2. The van der Waals surface area contributed by atoms with Gasteiger partial charge in [0.25, 0.3) is 5.91 Å².